The van der Waals surface area contributed by atoms with Crippen molar-refractivity contribution in [3.05, 3.63) is 109 Å². The van der Waals surface area contributed by atoms with Gasteiger partial charge < -0.3 is 0 Å². The highest BCUT2D eigenvalue weighted by Crippen LogP contribution is 2.25. The summed E-state index contributed by atoms with van der Waals surface area (Å²) < 4.78 is 0. The van der Waals surface area contributed by atoms with E-state index >= 15 is 0 Å². The first-order valence-corrected chi connectivity index (χ1v) is 10.6. The third-order valence-electron chi connectivity index (χ3n) is 5.17. The number of hydrogen-bond donors (Lipinski definition) is 0. The average molecular weight is 391 g/mol. The van der Waals surface area contributed by atoms with E-state index in [0.29, 0.717) is 0 Å². The van der Waals surface area contributed by atoms with Crippen LogP contribution in [0.2, 0.25) is 0 Å². The lowest BCUT2D eigenvalue weighted by Crippen LogP contribution is -1.95. The van der Waals surface area contributed by atoms with Gasteiger partial charge in [0, 0.05) is 28.2 Å². The van der Waals surface area contributed by atoms with E-state index in [1.165, 1.54) is 40.3 Å². The molecule has 0 N–H and O–H groups in total. The zero-order valence-corrected chi connectivity index (χ0v) is 17.3. The van der Waals surface area contributed by atoms with E-state index in [9.17, 15) is 0 Å². The van der Waals surface area contributed by atoms with Gasteiger partial charge in [-0.2, -0.15) is 0 Å². The summed E-state index contributed by atoms with van der Waals surface area (Å²) in [6.07, 6.45) is 5.25. The topological polar surface area (TPSA) is 25.8 Å². The number of nitrogens with zero attached hydrogens (tertiary/aromatic N) is 2. The van der Waals surface area contributed by atoms with Crippen molar-refractivity contribution in [2.24, 2.45) is 0 Å². The molecule has 2 aromatic heterocycles. The molecular weight excluding hydrogens is 364 g/mol. The quantitative estimate of drug-likeness (QED) is 0.318. The second kappa shape index (κ2) is 9.80. The normalized spacial score (nSPS) is 10.6. The van der Waals surface area contributed by atoms with Crippen molar-refractivity contribution >= 4 is 21.7 Å². The molecule has 0 unspecified atom stereocenters. The van der Waals surface area contributed by atoms with Crippen LogP contribution in [0.1, 0.15) is 25.5 Å². The fraction of sp³-hybridized carbons (Fsp3) is 0.143. The maximum absolute atomic E-state index is 4.91. The van der Waals surface area contributed by atoms with Gasteiger partial charge in [0.05, 0.1) is 11.2 Å². The first kappa shape index (κ1) is 19.8. The van der Waals surface area contributed by atoms with Crippen LogP contribution in [0.5, 0.6) is 0 Å². The number of unbranched alkanes of at least 4 members (excludes halogenated alkanes) is 1. The molecule has 0 aliphatic carbocycles. The molecule has 2 nitrogen and oxygen atoms in total. The van der Waals surface area contributed by atoms with Crippen LogP contribution in [0.3, 0.4) is 0 Å². The standard InChI is InChI=1S/C19H19N.C9H7N/c1-2-3-13-18-17-12-8-7-11-16(17)14-19(20-18)15-9-5-4-6-10-15;1-2-6-9-8(4-1)5-3-7-10-9/h4-12,14H,2-3,13H2,1H3;1-7H. The molecule has 0 radical (unpaired) electrons. The summed E-state index contributed by atoms with van der Waals surface area (Å²) in [7, 11) is 0. The Morgan fingerprint density at radius 3 is 2.20 bits per heavy atom. The van der Waals surface area contributed by atoms with Crippen LogP contribution in [-0.2, 0) is 6.42 Å². The summed E-state index contributed by atoms with van der Waals surface area (Å²) >= 11 is 0. The Bertz CT molecular complexity index is 1160. The molecule has 30 heavy (non-hydrogen) atoms. The van der Waals surface area contributed by atoms with Crippen LogP contribution in [0.4, 0.5) is 0 Å². The maximum atomic E-state index is 4.91. The van der Waals surface area contributed by atoms with Gasteiger partial charge in [-0.15, -0.1) is 0 Å². The molecular formula is C28H26N2. The number of aromatic nitrogens is 2. The number of para-hydroxylation sites is 1. The first-order valence-electron chi connectivity index (χ1n) is 10.6. The van der Waals surface area contributed by atoms with Crippen molar-refractivity contribution in [1.82, 2.24) is 9.97 Å². The zero-order chi connectivity index (χ0) is 20.6. The highest BCUT2D eigenvalue weighted by molar-refractivity contribution is 5.87. The van der Waals surface area contributed by atoms with Crippen molar-refractivity contribution in [3.63, 3.8) is 0 Å². The fourth-order valence-corrected chi connectivity index (χ4v) is 3.58. The molecule has 5 rings (SSSR count). The molecule has 0 atom stereocenters. The van der Waals surface area contributed by atoms with Gasteiger partial charge in [-0.05, 0) is 36.4 Å². The SMILES string of the molecule is CCCCc1nc(-c2ccccc2)cc2ccccc12.c1ccc2ncccc2c1. The van der Waals surface area contributed by atoms with Gasteiger partial charge in [0.15, 0.2) is 0 Å². The number of hydrogen-bond acceptors (Lipinski definition) is 2. The average Bonchev–Trinajstić information content (AvgIpc) is 2.83. The summed E-state index contributed by atoms with van der Waals surface area (Å²) in [6, 6.07) is 33.3. The smallest absolute Gasteiger partial charge is 0.0711 e. The van der Waals surface area contributed by atoms with Gasteiger partial charge >= 0.3 is 0 Å². The van der Waals surface area contributed by atoms with Crippen molar-refractivity contribution in [2.45, 2.75) is 26.2 Å². The number of aryl methyl sites for hydroxylation is 1. The number of benzene rings is 3. The number of fused-ring (bicyclic) bond motifs is 2. The third-order valence-corrected chi connectivity index (χ3v) is 5.17. The molecule has 0 aliphatic heterocycles. The van der Waals surface area contributed by atoms with Crippen LogP contribution in [0, 0.1) is 0 Å². The predicted octanol–water partition coefficient (Wildman–Crippen LogP) is 7.48. The molecule has 3 aromatic carbocycles. The molecule has 0 amide bonds. The van der Waals surface area contributed by atoms with Gasteiger partial charge in [-0.25, -0.2) is 0 Å². The largest absolute Gasteiger partial charge is 0.256 e. The van der Waals surface area contributed by atoms with Crippen molar-refractivity contribution in [3.8, 4) is 11.3 Å². The Labute approximate surface area is 178 Å². The Hall–Kier alpha value is -3.52. The lowest BCUT2D eigenvalue weighted by atomic mass is 10.0. The number of pyridine rings is 2. The highest BCUT2D eigenvalue weighted by atomic mass is 14.7. The Balaban J connectivity index is 0.000000181. The van der Waals surface area contributed by atoms with E-state index in [2.05, 4.69) is 78.6 Å². The summed E-state index contributed by atoms with van der Waals surface area (Å²) in [6.45, 7) is 2.23. The van der Waals surface area contributed by atoms with Gasteiger partial charge in [-0.1, -0.05) is 92.2 Å². The van der Waals surface area contributed by atoms with Crippen LogP contribution in [-0.4, -0.2) is 9.97 Å². The minimum atomic E-state index is 1.05. The zero-order valence-electron chi connectivity index (χ0n) is 17.3. The molecule has 0 fully saturated rings. The summed E-state index contributed by atoms with van der Waals surface area (Å²) in [4.78, 5) is 9.09. The Kier molecular flexibility index (Phi) is 6.46. The second-order valence-electron chi connectivity index (χ2n) is 7.34. The molecule has 0 bridgehead atoms. The van der Waals surface area contributed by atoms with Crippen LogP contribution < -0.4 is 0 Å². The molecule has 2 heterocycles. The van der Waals surface area contributed by atoms with E-state index < -0.39 is 0 Å². The predicted molar refractivity (Wildman–Crippen MR) is 128 cm³/mol. The Morgan fingerprint density at radius 1 is 0.700 bits per heavy atom. The van der Waals surface area contributed by atoms with Gasteiger partial charge in [-0.3, -0.25) is 9.97 Å². The van der Waals surface area contributed by atoms with E-state index in [0.717, 1.165) is 17.6 Å². The molecule has 0 spiro atoms. The summed E-state index contributed by atoms with van der Waals surface area (Å²) in [5.41, 5.74) is 4.56. The molecule has 0 saturated carbocycles. The minimum absolute atomic E-state index is 1.05. The molecule has 148 valence electrons. The third kappa shape index (κ3) is 4.72. The first-order chi connectivity index (χ1) is 14.8. The maximum Gasteiger partial charge on any atom is 0.0711 e. The van der Waals surface area contributed by atoms with Gasteiger partial charge in [0.25, 0.3) is 0 Å². The van der Waals surface area contributed by atoms with E-state index in [1.807, 2.05) is 36.5 Å². The van der Waals surface area contributed by atoms with Crippen LogP contribution in [0.25, 0.3) is 32.9 Å². The van der Waals surface area contributed by atoms with Crippen LogP contribution >= 0.6 is 0 Å². The highest BCUT2D eigenvalue weighted by Gasteiger charge is 2.07. The van der Waals surface area contributed by atoms with Gasteiger partial charge in [0.1, 0.15) is 0 Å². The van der Waals surface area contributed by atoms with Crippen molar-refractivity contribution < 1.29 is 0 Å². The van der Waals surface area contributed by atoms with E-state index in [-0.39, 0.29) is 0 Å². The second-order valence-corrected chi connectivity index (χ2v) is 7.34. The lowest BCUT2D eigenvalue weighted by molar-refractivity contribution is 0.783. The minimum Gasteiger partial charge on any atom is -0.256 e. The van der Waals surface area contributed by atoms with E-state index in [4.69, 9.17) is 4.98 Å². The lowest BCUT2D eigenvalue weighted by Gasteiger charge is -2.09. The monoisotopic (exact) mass is 390 g/mol. The molecule has 0 saturated heterocycles. The summed E-state index contributed by atoms with van der Waals surface area (Å²) in [5, 5.41) is 3.78. The molecule has 2 heteroatoms. The van der Waals surface area contributed by atoms with Crippen molar-refractivity contribution in [1.29, 1.82) is 0 Å². The van der Waals surface area contributed by atoms with Crippen molar-refractivity contribution in [2.75, 3.05) is 0 Å². The molecule has 5 aromatic rings. The Morgan fingerprint density at radius 2 is 1.40 bits per heavy atom. The number of rotatable bonds is 4. The fourth-order valence-electron chi connectivity index (χ4n) is 3.58. The summed E-state index contributed by atoms with van der Waals surface area (Å²) in [5.74, 6) is 0. The van der Waals surface area contributed by atoms with E-state index in [1.54, 1.807) is 0 Å². The van der Waals surface area contributed by atoms with Gasteiger partial charge in [0.2, 0.25) is 0 Å². The van der Waals surface area contributed by atoms with Crippen LogP contribution in [0.15, 0.2) is 103 Å². The molecule has 0 aliphatic rings.